The van der Waals surface area contributed by atoms with Gasteiger partial charge in [-0.1, -0.05) is 44.3 Å². The average molecular weight is 318 g/mol. The normalized spacial score (nSPS) is 12.0. The molecule has 0 aliphatic rings. The molecular formula is C19H15N2OP. The molecule has 1 N–H and O–H groups in total. The lowest BCUT2D eigenvalue weighted by Crippen LogP contribution is -1.93. The van der Waals surface area contributed by atoms with Crippen molar-refractivity contribution in [2.24, 2.45) is 0 Å². The van der Waals surface area contributed by atoms with E-state index in [-0.39, 0.29) is 6.35 Å². The molecule has 0 aromatic heterocycles. The summed E-state index contributed by atoms with van der Waals surface area (Å²) in [6.07, 6.45) is 1.00. The first kappa shape index (κ1) is 15.4. The van der Waals surface area contributed by atoms with Gasteiger partial charge in [0.25, 0.3) is 0 Å². The van der Waals surface area contributed by atoms with E-state index in [4.69, 9.17) is 0 Å². The number of aliphatic hydroxyl groups is 1. The molecule has 23 heavy (non-hydrogen) atoms. The highest BCUT2D eigenvalue weighted by molar-refractivity contribution is 7.55. The Bertz CT molecular complexity index is 982. The molecule has 0 bridgehead atoms. The van der Waals surface area contributed by atoms with Crippen LogP contribution in [0.5, 0.6) is 0 Å². The fourth-order valence-corrected chi connectivity index (χ4v) is 3.85. The third-order valence-corrected chi connectivity index (χ3v) is 5.39. The summed E-state index contributed by atoms with van der Waals surface area (Å²) in [7, 11) is -0.462. The van der Waals surface area contributed by atoms with Crippen molar-refractivity contribution in [2.75, 3.05) is 13.0 Å². The monoisotopic (exact) mass is 318 g/mol. The van der Waals surface area contributed by atoms with Gasteiger partial charge in [0, 0.05) is 21.5 Å². The van der Waals surface area contributed by atoms with Gasteiger partial charge >= 0.3 is 0 Å². The van der Waals surface area contributed by atoms with Crippen LogP contribution in [0.3, 0.4) is 0 Å². The van der Waals surface area contributed by atoms with Crippen LogP contribution in [0.2, 0.25) is 0 Å². The van der Waals surface area contributed by atoms with Crippen LogP contribution in [0.4, 0.5) is 0 Å². The third kappa shape index (κ3) is 2.66. The Hall–Kier alpha value is -2.45. The molecule has 0 aliphatic carbocycles. The van der Waals surface area contributed by atoms with Gasteiger partial charge in [0.2, 0.25) is 0 Å². The van der Waals surface area contributed by atoms with Crippen molar-refractivity contribution in [3.8, 4) is 12.1 Å². The minimum atomic E-state index is -0.462. The van der Waals surface area contributed by atoms with Crippen LogP contribution >= 0.6 is 7.92 Å². The molecule has 0 saturated carbocycles. The molecule has 112 valence electrons. The summed E-state index contributed by atoms with van der Waals surface area (Å²) in [6.45, 7) is 2.05. The van der Waals surface area contributed by atoms with Crippen LogP contribution in [0.25, 0.3) is 21.5 Å². The van der Waals surface area contributed by atoms with Crippen molar-refractivity contribution in [3.05, 3.63) is 59.2 Å². The van der Waals surface area contributed by atoms with Gasteiger partial charge in [-0.05, 0) is 24.5 Å². The van der Waals surface area contributed by atoms with Crippen LogP contribution < -0.4 is 0 Å². The van der Waals surface area contributed by atoms with Gasteiger partial charge in [0.15, 0.2) is 0 Å². The summed E-state index contributed by atoms with van der Waals surface area (Å²) in [5.74, 6) is 0. The maximum atomic E-state index is 9.65. The molecule has 1 unspecified atom stereocenters. The van der Waals surface area contributed by atoms with Gasteiger partial charge in [-0.25, -0.2) is 0 Å². The molecule has 3 aromatic rings. The summed E-state index contributed by atoms with van der Waals surface area (Å²) >= 11 is 0. The molecule has 0 radical (unpaired) electrons. The highest BCUT2D eigenvalue weighted by atomic mass is 31.1. The zero-order chi connectivity index (χ0) is 16.4. The van der Waals surface area contributed by atoms with Crippen molar-refractivity contribution in [3.63, 3.8) is 0 Å². The summed E-state index contributed by atoms with van der Waals surface area (Å²) in [5.41, 5.74) is 2.32. The van der Waals surface area contributed by atoms with Gasteiger partial charge in [0.1, 0.15) is 12.1 Å². The Morgan fingerprint density at radius 3 is 2.04 bits per heavy atom. The third-order valence-electron chi connectivity index (χ3n) is 4.01. The van der Waals surface area contributed by atoms with E-state index in [1.54, 1.807) is 0 Å². The van der Waals surface area contributed by atoms with Gasteiger partial charge in [0.05, 0.1) is 17.5 Å². The Kier molecular flexibility index (Phi) is 4.26. The molecule has 3 aromatic carbocycles. The molecule has 0 amide bonds. The Morgan fingerprint density at radius 2 is 1.48 bits per heavy atom. The van der Waals surface area contributed by atoms with Crippen molar-refractivity contribution in [1.82, 2.24) is 0 Å². The number of hydrogen-bond donors (Lipinski definition) is 1. The van der Waals surface area contributed by atoms with Crippen LogP contribution in [-0.2, 0) is 6.16 Å². The minimum Gasteiger partial charge on any atom is -0.392 e. The molecule has 0 saturated heterocycles. The molecule has 0 aliphatic heterocycles. The largest absolute Gasteiger partial charge is 0.392 e. The lowest BCUT2D eigenvalue weighted by molar-refractivity contribution is 0.370. The molecule has 0 fully saturated rings. The van der Waals surface area contributed by atoms with Crippen molar-refractivity contribution in [1.29, 1.82) is 10.5 Å². The Labute approximate surface area is 136 Å². The highest BCUT2D eigenvalue weighted by Crippen LogP contribution is 2.37. The highest BCUT2D eigenvalue weighted by Gasteiger charge is 2.14. The maximum absolute atomic E-state index is 9.65. The van der Waals surface area contributed by atoms with Crippen molar-refractivity contribution in [2.45, 2.75) is 6.16 Å². The zero-order valence-electron chi connectivity index (χ0n) is 12.7. The van der Waals surface area contributed by atoms with Gasteiger partial charge in [-0.15, -0.1) is 0 Å². The number of benzene rings is 3. The van der Waals surface area contributed by atoms with E-state index >= 15 is 0 Å². The van der Waals surface area contributed by atoms with E-state index in [1.807, 2.05) is 49.1 Å². The molecular weight excluding hydrogens is 303 g/mol. The van der Waals surface area contributed by atoms with Crippen LogP contribution in [0.1, 0.15) is 16.7 Å². The topological polar surface area (TPSA) is 67.8 Å². The predicted octanol–water partition coefficient (Wildman–Crippen LogP) is 4.30. The standard InChI is InChI=1S/C19H15N2OP/c1-23(12-22)11-13-6-7-16-17(8-13)19(10-21)15-5-3-2-4-14(15)18(16)9-20/h2-8,22H,11-12H2,1H3. The molecule has 3 rings (SSSR count). The number of fused-ring (bicyclic) bond motifs is 2. The Morgan fingerprint density at radius 1 is 0.913 bits per heavy atom. The summed E-state index contributed by atoms with van der Waals surface area (Å²) in [6, 6.07) is 18.1. The quantitative estimate of drug-likeness (QED) is 0.578. The van der Waals surface area contributed by atoms with Gasteiger partial charge in [-0.2, -0.15) is 10.5 Å². The second-order valence-electron chi connectivity index (χ2n) is 5.55. The smallest absolute Gasteiger partial charge is 0.100 e. The van der Waals surface area contributed by atoms with Crippen LogP contribution in [0, 0.1) is 22.7 Å². The van der Waals surface area contributed by atoms with E-state index in [0.717, 1.165) is 33.3 Å². The molecule has 3 nitrogen and oxygen atoms in total. The Balaban J connectivity index is 2.37. The number of aliphatic hydroxyl groups excluding tert-OH is 1. The van der Waals surface area contributed by atoms with Crippen molar-refractivity contribution < 1.29 is 5.11 Å². The first-order valence-corrected chi connectivity index (χ1v) is 9.42. The van der Waals surface area contributed by atoms with Crippen molar-refractivity contribution >= 4 is 29.5 Å². The van der Waals surface area contributed by atoms with Crippen LogP contribution in [0.15, 0.2) is 42.5 Å². The van der Waals surface area contributed by atoms with E-state index in [9.17, 15) is 15.6 Å². The molecule has 0 heterocycles. The predicted molar refractivity (Wildman–Crippen MR) is 94.5 cm³/mol. The molecule has 0 spiro atoms. The first-order chi connectivity index (χ1) is 11.2. The molecule has 4 heteroatoms. The fourth-order valence-electron chi connectivity index (χ4n) is 2.93. The van der Waals surface area contributed by atoms with Crippen LogP contribution in [-0.4, -0.2) is 18.1 Å². The lowest BCUT2D eigenvalue weighted by atomic mass is 9.92. The number of nitriles is 2. The SMILES string of the molecule is CP(CO)Cc1ccc2c(C#N)c3ccccc3c(C#N)c2c1. The number of rotatable bonds is 3. The maximum Gasteiger partial charge on any atom is 0.100 e. The van der Waals surface area contributed by atoms with Gasteiger partial charge < -0.3 is 5.11 Å². The van der Waals surface area contributed by atoms with Gasteiger partial charge in [-0.3, -0.25) is 0 Å². The first-order valence-electron chi connectivity index (χ1n) is 7.26. The van der Waals surface area contributed by atoms with E-state index in [1.165, 1.54) is 0 Å². The second kappa shape index (κ2) is 6.35. The summed E-state index contributed by atoms with van der Waals surface area (Å²) in [4.78, 5) is 0. The second-order valence-corrected chi connectivity index (χ2v) is 7.87. The number of hydrogen-bond acceptors (Lipinski definition) is 3. The van der Waals surface area contributed by atoms with E-state index < -0.39 is 7.92 Å². The number of nitrogens with zero attached hydrogens (tertiary/aromatic N) is 2. The fraction of sp³-hybridized carbons (Fsp3) is 0.158. The average Bonchev–Trinajstić information content (AvgIpc) is 2.59. The lowest BCUT2D eigenvalue weighted by Gasteiger charge is -2.12. The molecule has 1 atom stereocenters. The zero-order valence-corrected chi connectivity index (χ0v) is 13.6. The summed E-state index contributed by atoms with van der Waals surface area (Å²) < 4.78 is 0. The minimum absolute atomic E-state index is 0.194. The van der Waals surface area contributed by atoms with E-state index in [0.29, 0.717) is 11.1 Å². The van der Waals surface area contributed by atoms with E-state index in [2.05, 4.69) is 12.1 Å². The summed E-state index contributed by atoms with van der Waals surface area (Å²) in [5, 5.41) is 31.8.